The van der Waals surface area contributed by atoms with Crippen LogP contribution in [0.4, 0.5) is 10.1 Å². The van der Waals surface area contributed by atoms with Crippen LogP contribution in [0.5, 0.6) is 0 Å². The van der Waals surface area contributed by atoms with Gasteiger partial charge in [-0.15, -0.1) is 0 Å². The van der Waals surface area contributed by atoms with Gasteiger partial charge < -0.3 is 9.88 Å². The van der Waals surface area contributed by atoms with Crippen molar-refractivity contribution in [2.75, 3.05) is 18.4 Å². The predicted molar refractivity (Wildman–Crippen MR) is 99.4 cm³/mol. The first-order valence-corrected chi connectivity index (χ1v) is 10.4. The number of benzene rings is 1. The van der Waals surface area contributed by atoms with Gasteiger partial charge in [0.2, 0.25) is 5.91 Å². The van der Waals surface area contributed by atoms with Crippen molar-refractivity contribution in [3.63, 3.8) is 0 Å². The summed E-state index contributed by atoms with van der Waals surface area (Å²) >= 11 is 5.73. The zero-order valence-corrected chi connectivity index (χ0v) is 16.3. The number of carbonyl (C=O) groups is 1. The van der Waals surface area contributed by atoms with Gasteiger partial charge in [-0.3, -0.25) is 4.79 Å². The summed E-state index contributed by atoms with van der Waals surface area (Å²) in [5.41, 5.74) is 0.369. The number of carbonyl (C=O) groups excluding carboxylic acids is 1. The molecule has 1 aliphatic rings. The maximum absolute atomic E-state index is 13.2. The summed E-state index contributed by atoms with van der Waals surface area (Å²) in [6.45, 7) is 2.92. The van der Waals surface area contributed by atoms with Gasteiger partial charge in [-0.2, -0.15) is 4.31 Å². The molecule has 1 N–H and O–H groups in total. The maximum Gasteiger partial charge on any atom is 0.262 e. The van der Waals surface area contributed by atoms with Crippen LogP contribution in [-0.4, -0.2) is 41.3 Å². The van der Waals surface area contributed by atoms with Crippen LogP contribution in [0.3, 0.4) is 0 Å². The number of hydrogen-bond donors (Lipinski definition) is 1. The molecule has 2 aromatic rings. The molecule has 0 saturated carbocycles. The lowest BCUT2D eigenvalue weighted by Crippen LogP contribution is -2.43. The average Bonchev–Trinajstić information content (AvgIpc) is 3.15. The molecule has 0 spiro atoms. The molecule has 0 radical (unpaired) electrons. The number of rotatable bonds is 5. The fourth-order valence-corrected chi connectivity index (χ4v) is 4.61. The van der Waals surface area contributed by atoms with Gasteiger partial charge in [-0.05, 0) is 38.0 Å². The number of sulfonamides is 1. The van der Waals surface area contributed by atoms with E-state index >= 15 is 0 Å². The molecule has 1 aromatic heterocycles. The van der Waals surface area contributed by atoms with Crippen LogP contribution >= 0.6 is 11.6 Å². The Morgan fingerprint density at radius 2 is 2.22 bits per heavy atom. The van der Waals surface area contributed by atoms with E-state index in [1.165, 1.54) is 35.0 Å². The fourth-order valence-electron chi connectivity index (χ4n) is 2.97. The lowest BCUT2D eigenvalue weighted by atomic mass is 9.99. The zero-order valence-electron chi connectivity index (χ0n) is 14.7. The summed E-state index contributed by atoms with van der Waals surface area (Å²) in [6, 6.07) is 3.90. The van der Waals surface area contributed by atoms with E-state index in [1.54, 1.807) is 4.57 Å². The second-order valence-corrected chi connectivity index (χ2v) is 8.65. The molecule has 1 saturated heterocycles. The molecule has 0 bridgehead atoms. The van der Waals surface area contributed by atoms with Crippen molar-refractivity contribution in [1.82, 2.24) is 13.9 Å². The van der Waals surface area contributed by atoms with E-state index in [9.17, 15) is 17.6 Å². The molecule has 1 amide bonds. The molecule has 0 aliphatic carbocycles. The van der Waals surface area contributed by atoms with E-state index in [2.05, 4.69) is 10.3 Å². The number of imidazole rings is 1. The summed E-state index contributed by atoms with van der Waals surface area (Å²) < 4.78 is 41.8. The first-order chi connectivity index (χ1) is 12.8. The second-order valence-electron chi connectivity index (χ2n) is 6.36. The van der Waals surface area contributed by atoms with Crippen LogP contribution in [0.1, 0.15) is 19.8 Å². The molecule has 1 aromatic carbocycles. The monoisotopic (exact) mass is 414 g/mol. The number of aromatic nitrogens is 2. The van der Waals surface area contributed by atoms with E-state index in [0.717, 1.165) is 0 Å². The van der Waals surface area contributed by atoms with Crippen LogP contribution in [0.15, 0.2) is 35.7 Å². The van der Waals surface area contributed by atoms with Crippen molar-refractivity contribution in [1.29, 1.82) is 0 Å². The smallest absolute Gasteiger partial charge is 0.262 e. The van der Waals surface area contributed by atoms with Gasteiger partial charge in [-0.1, -0.05) is 11.6 Å². The van der Waals surface area contributed by atoms with Crippen LogP contribution < -0.4 is 5.32 Å². The Bertz CT molecular complexity index is 947. The van der Waals surface area contributed by atoms with Crippen LogP contribution in [-0.2, 0) is 21.4 Å². The second kappa shape index (κ2) is 7.95. The van der Waals surface area contributed by atoms with E-state index in [1.807, 2.05) is 6.92 Å². The highest BCUT2D eigenvalue weighted by atomic mass is 35.5. The third-order valence-electron chi connectivity index (χ3n) is 4.52. The molecule has 2 heterocycles. The number of nitrogens with zero attached hydrogens (tertiary/aromatic N) is 3. The highest BCUT2D eigenvalue weighted by molar-refractivity contribution is 7.89. The first kappa shape index (κ1) is 19.8. The van der Waals surface area contributed by atoms with Crippen LogP contribution in [0.2, 0.25) is 5.02 Å². The van der Waals surface area contributed by atoms with Crippen LogP contribution in [0, 0.1) is 11.7 Å². The van der Waals surface area contributed by atoms with Gasteiger partial charge >= 0.3 is 0 Å². The number of piperidine rings is 1. The van der Waals surface area contributed by atoms with E-state index in [4.69, 9.17) is 11.6 Å². The van der Waals surface area contributed by atoms with Crippen molar-refractivity contribution in [3.8, 4) is 0 Å². The van der Waals surface area contributed by atoms with Crippen molar-refractivity contribution in [2.45, 2.75) is 31.3 Å². The van der Waals surface area contributed by atoms with Crippen LogP contribution in [0.25, 0.3) is 0 Å². The minimum atomic E-state index is -3.75. The summed E-state index contributed by atoms with van der Waals surface area (Å²) in [4.78, 5) is 16.5. The number of anilines is 1. The lowest BCUT2D eigenvalue weighted by molar-refractivity contribution is -0.120. The summed E-state index contributed by atoms with van der Waals surface area (Å²) in [5, 5.41) is 2.56. The van der Waals surface area contributed by atoms with Gasteiger partial charge in [0.25, 0.3) is 10.0 Å². The van der Waals surface area contributed by atoms with Crippen molar-refractivity contribution >= 4 is 33.2 Å². The quantitative estimate of drug-likeness (QED) is 0.815. The molecule has 1 aliphatic heterocycles. The number of hydrogen-bond acceptors (Lipinski definition) is 4. The van der Waals surface area contributed by atoms with Gasteiger partial charge in [0, 0.05) is 31.5 Å². The molecule has 0 unspecified atom stereocenters. The predicted octanol–water partition coefficient (Wildman–Crippen LogP) is 2.73. The normalized spacial score (nSPS) is 18.4. The maximum atomic E-state index is 13.2. The molecular formula is C17H20ClFN4O3S. The topological polar surface area (TPSA) is 84.3 Å². The Balaban J connectivity index is 1.71. The number of halogens is 2. The van der Waals surface area contributed by atoms with Crippen molar-refractivity contribution in [2.24, 2.45) is 5.92 Å². The highest BCUT2D eigenvalue weighted by Crippen LogP contribution is 2.25. The van der Waals surface area contributed by atoms with Gasteiger partial charge in [-0.25, -0.2) is 17.8 Å². The SMILES string of the molecule is CCn1cnc(S(=O)(=O)N2CCC[C@@H](C(=O)Nc3ccc(F)c(Cl)c3)C2)c1. The van der Waals surface area contributed by atoms with E-state index < -0.39 is 21.8 Å². The van der Waals surface area contributed by atoms with Gasteiger partial charge in [0.15, 0.2) is 5.03 Å². The number of amides is 1. The standard InChI is InChI=1S/C17H20ClFN4O3S/c1-2-22-10-16(20-11-22)27(25,26)23-7-3-4-12(9-23)17(24)21-13-5-6-15(19)14(18)8-13/h5-6,8,10-12H,2-4,7,9H2,1H3,(H,21,24)/t12-/m1/s1. The Hall–Kier alpha value is -1.97. The third-order valence-corrected chi connectivity index (χ3v) is 6.56. The van der Waals surface area contributed by atoms with E-state index in [0.29, 0.717) is 31.6 Å². The molecule has 27 heavy (non-hydrogen) atoms. The summed E-state index contributed by atoms with van der Waals surface area (Å²) in [7, 11) is -3.75. The average molecular weight is 415 g/mol. The Morgan fingerprint density at radius 3 is 2.89 bits per heavy atom. The molecule has 146 valence electrons. The minimum Gasteiger partial charge on any atom is -0.336 e. The lowest BCUT2D eigenvalue weighted by Gasteiger charge is -2.30. The Labute approximate surface area is 162 Å². The largest absolute Gasteiger partial charge is 0.336 e. The highest BCUT2D eigenvalue weighted by Gasteiger charge is 2.34. The number of nitrogens with one attached hydrogen (secondary N) is 1. The molecule has 7 nitrogen and oxygen atoms in total. The summed E-state index contributed by atoms with van der Waals surface area (Å²) in [5.74, 6) is -1.40. The molecule has 1 atom stereocenters. The minimum absolute atomic E-state index is 0.0178. The van der Waals surface area contributed by atoms with Crippen molar-refractivity contribution < 1.29 is 17.6 Å². The first-order valence-electron chi connectivity index (χ1n) is 8.59. The molecule has 10 heteroatoms. The Kier molecular flexibility index (Phi) is 5.83. The third kappa shape index (κ3) is 4.31. The van der Waals surface area contributed by atoms with Crippen molar-refractivity contribution in [3.05, 3.63) is 41.6 Å². The van der Waals surface area contributed by atoms with Gasteiger partial charge in [0.1, 0.15) is 5.82 Å². The fraction of sp³-hybridized carbons (Fsp3) is 0.412. The molecule has 3 rings (SSSR count). The molecule has 1 fully saturated rings. The van der Waals surface area contributed by atoms with E-state index in [-0.39, 0.29) is 22.5 Å². The summed E-state index contributed by atoms with van der Waals surface area (Å²) in [6.07, 6.45) is 4.09. The number of aryl methyl sites for hydroxylation is 1. The molecular weight excluding hydrogens is 395 g/mol. The Morgan fingerprint density at radius 1 is 1.44 bits per heavy atom. The zero-order chi connectivity index (χ0) is 19.6. The van der Waals surface area contributed by atoms with Gasteiger partial charge in [0.05, 0.1) is 17.3 Å².